The molecule has 1 heterocycles. The molecule has 2 aromatic carbocycles. The van der Waals surface area contributed by atoms with Crippen LogP contribution >= 0.6 is 24.8 Å². The molecule has 2 aromatic rings. The van der Waals surface area contributed by atoms with Gasteiger partial charge in [0, 0.05) is 19.1 Å². The van der Waals surface area contributed by atoms with Crippen LogP contribution in [-0.4, -0.2) is 37.0 Å². The van der Waals surface area contributed by atoms with Crippen molar-refractivity contribution in [2.75, 3.05) is 13.1 Å². The summed E-state index contributed by atoms with van der Waals surface area (Å²) in [5.74, 6) is -0.252. The van der Waals surface area contributed by atoms with Crippen molar-refractivity contribution in [2.45, 2.75) is 25.0 Å². The average Bonchev–Trinajstić information content (AvgIpc) is 3.15. The molecule has 0 spiro atoms. The molecule has 28 heavy (non-hydrogen) atoms. The van der Waals surface area contributed by atoms with Crippen LogP contribution in [0.3, 0.4) is 0 Å². The molecular weight excluding hydrogens is 399 g/mol. The highest BCUT2D eigenvalue weighted by atomic mass is 35.5. The molecule has 8 heteroatoms. The standard InChI is InChI=1S/C20H24N4O2.2ClH/c21-11-19(25)24-17-10-18(22-13-17)20(26)23-12-14-6-8-16(9-7-14)15-4-2-1-3-5-15;;/h1-9,17-18,22H,10-13,21H2,(H,23,26)(H,24,25);2*1H/t17-,18+;;/m1../s1. The summed E-state index contributed by atoms with van der Waals surface area (Å²) in [6.45, 7) is 1.02. The van der Waals surface area contributed by atoms with E-state index in [9.17, 15) is 9.59 Å². The largest absolute Gasteiger partial charge is 0.351 e. The van der Waals surface area contributed by atoms with Gasteiger partial charge in [-0.1, -0.05) is 54.6 Å². The fraction of sp³-hybridized carbons (Fsp3) is 0.300. The van der Waals surface area contributed by atoms with E-state index in [4.69, 9.17) is 5.73 Å². The molecule has 0 saturated carbocycles. The van der Waals surface area contributed by atoms with Crippen molar-refractivity contribution in [3.63, 3.8) is 0 Å². The SMILES string of the molecule is Cl.Cl.NCC(=O)N[C@H]1CN[C@H](C(=O)NCc2ccc(-c3ccccc3)cc2)C1. The smallest absolute Gasteiger partial charge is 0.237 e. The second-order valence-electron chi connectivity index (χ2n) is 6.45. The van der Waals surface area contributed by atoms with Crippen molar-refractivity contribution in [3.8, 4) is 11.1 Å². The Bertz CT molecular complexity index is 757. The molecular formula is C20H26Cl2N4O2. The van der Waals surface area contributed by atoms with Crippen molar-refractivity contribution >= 4 is 36.6 Å². The second kappa shape index (κ2) is 11.7. The summed E-state index contributed by atoms with van der Waals surface area (Å²) < 4.78 is 0. The first-order chi connectivity index (χ1) is 12.7. The molecule has 3 rings (SSSR count). The minimum atomic E-state index is -0.290. The maximum absolute atomic E-state index is 12.3. The van der Waals surface area contributed by atoms with Gasteiger partial charge in [-0.15, -0.1) is 24.8 Å². The normalized spacial score (nSPS) is 17.8. The van der Waals surface area contributed by atoms with E-state index in [2.05, 4.69) is 40.2 Å². The maximum atomic E-state index is 12.3. The van der Waals surface area contributed by atoms with Gasteiger partial charge in [0.05, 0.1) is 12.6 Å². The van der Waals surface area contributed by atoms with Crippen LogP contribution in [0.5, 0.6) is 0 Å². The maximum Gasteiger partial charge on any atom is 0.237 e. The van der Waals surface area contributed by atoms with E-state index in [1.54, 1.807) is 0 Å². The van der Waals surface area contributed by atoms with Crippen molar-refractivity contribution in [1.29, 1.82) is 0 Å². The molecule has 1 fully saturated rings. The average molecular weight is 425 g/mol. The van der Waals surface area contributed by atoms with E-state index in [1.165, 1.54) is 5.56 Å². The molecule has 0 bridgehead atoms. The number of nitrogens with two attached hydrogens (primary N) is 1. The van der Waals surface area contributed by atoms with Gasteiger partial charge in [-0.25, -0.2) is 0 Å². The van der Waals surface area contributed by atoms with E-state index in [0.29, 0.717) is 19.5 Å². The lowest BCUT2D eigenvalue weighted by Gasteiger charge is -2.12. The number of carbonyl (C=O) groups is 2. The van der Waals surface area contributed by atoms with Crippen LogP contribution in [0.15, 0.2) is 54.6 Å². The molecule has 6 nitrogen and oxygen atoms in total. The molecule has 1 saturated heterocycles. The quantitative estimate of drug-likeness (QED) is 0.566. The fourth-order valence-electron chi connectivity index (χ4n) is 3.09. The molecule has 0 radical (unpaired) electrons. The van der Waals surface area contributed by atoms with Crippen LogP contribution in [0.2, 0.25) is 0 Å². The van der Waals surface area contributed by atoms with E-state index in [0.717, 1.165) is 11.1 Å². The first-order valence-corrected chi connectivity index (χ1v) is 8.80. The second-order valence-corrected chi connectivity index (χ2v) is 6.45. The number of carbonyl (C=O) groups excluding carboxylic acids is 2. The Balaban J connectivity index is 0.00000196. The molecule has 0 aliphatic carbocycles. The Morgan fingerprint density at radius 1 is 1.00 bits per heavy atom. The molecule has 5 N–H and O–H groups in total. The molecule has 1 aliphatic rings. The van der Waals surface area contributed by atoms with E-state index in [-0.39, 0.29) is 55.3 Å². The van der Waals surface area contributed by atoms with Crippen molar-refractivity contribution in [1.82, 2.24) is 16.0 Å². The third-order valence-corrected chi connectivity index (χ3v) is 4.53. The van der Waals surface area contributed by atoms with E-state index in [1.807, 2.05) is 30.3 Å². The van der Waals surface area contributed by atoms with Gasteiger partial charge in [0.25, 0.3) is 0 Å². The lowest BCUT2D eigenvalue weighted by Crippen LogP contribution is -2.40. The third-order valence-electron chi connectivity index (χ3n) is 4.53. The predicted octanol–water partition coefficient (Wildman–Crippen LogP) is 1.62. The van der Waals surface area contributed by atoms with Crippen LogP contribution < -0.4 is 21.7 Å². The van der Waals surface area contributed by atoms with Gasteiger partial charge in [0.15, 0.2) is 0 Å². The third kappa shape index (κ3) is 6.49. The highest BCUT2D eigenvalue weighted by Gasteiger charge is 2.29. The number of halogens is 2. The van der Waals surface area contributed by atoms with Gasteiger partial charge >= 0.3 is 0 Å². The summed E-state index contributed by atoms with van der Waals surface area (Å²) in [7, 11) is 0. The molecule has 2 atom stereocenters. The zero-order valence-corrected chi connectivity index (χ0v) is 17.0. The Morgan fingerprint density at radius 2 is 1.64 bits per heavy atom. The van der Waals surface area contributed by atoms with E-state index >= 15 is 0 Å². The zero-order valence-electron chi connectivity index (χ0n) is 15.4. The zero-order chi connectivity index (χ0) is 18.4. The Hall–Kier alpha value is -2.12. The number of benzene rings is 2. The first-order valence-electron chi connectivity index (χ1n) is 8.80. The fourth-order valence-corrected chi connectivity index (χ4v) is 3.09. The number of hydrogen-bond acceptors (Lipinski definition) is 4. The van der Waals surface area contributed by atoms with Crippen molar-refractivity contribution in [2.24, 2.45) is 5.73 Å². The van der Waals surface area contributed by atoms with E-state index < -0.39 is 0 Å². The molecule has 0 aromatic heterocycles. The number of rotatable bonds is 6. The highest BCUT2D eigenvalue weighted by Crippen LogP contribution is 2.19. The minimum absolute atomic E-state index is 0. The van der Waals surface area contributed by atoms with Crippen LogP contribution in [0.4, 0.5) is 0 Å². The van der Waals surface area contributed by atoms with Crippen LogP contribution in [-0.2, 0) is 16.1 Å². The summed E-state index contributed by atoms with van der Waals surface area (Å²) in [5, 5.41) is 8.89. The lowest BCUT2D eigenvalue weighted by atomic mass is 10.0. The highest BCUT2D eigenvalue weighted by molar-refractivity contribution is 5.85. The van der Waals surface area contributed by atoms with Crippen LogP contribution in [0, 0.1) is 0 Å². The van der Waals surface area contributed by atoms with Gasteiger partial charge in [0.2, 0.25) is 11.8 Å². The topological polar surface area (TPSA) is 96.2 Å². The molecule has 0 unspecified atom stereocenters. The number of nitrogens with one attached hydrogen (secondary N) is 3. The first kappa shape index (κ1) is 23.9. The van der Waals surface area contributed by atoms with Crippen LogP contribution in [0.25, 0.3) is 11.1 Å². The number of hydrogen-bond donors (Lipinski definition) is 4. The summed E-state index contributed by atoms with van der Waals surface area (Å²) in [4.78, 5) is 23.6. The molecule has 1 aliphatic heterocycles. The summed E-state index contributed by atoms with van der Waals surface area (Å²) in [5.41, 5.74) is 8.66. The molecule has 2 amide bonds. The Labute approximate surface area is 177 Å². The Morgan fingerprint density at radius 3 is 2.29 bits per heavy atom. The summed E-state index contributed by atoms with van der Waals surface area (Å²) in [6, 6.07) is 18.0. The van der Waals surface area contributed by atoms with Crippen molar-refractivity contribution in [3.05, 3.63) is 60.2 Å². The predicted molar refractivity (Wildman–Crippen MR) is 116 cm³/mol. The minimum Gasteiger partial charge on any atom is -0.351 e. The Kier molecular flexibility index (Phi) is 9.96. The van der Waals surface area contributed by atoms with Crippen LogP contribution in [0.1, 0.15) is 12.0 Å². The van der Waals surface area contributed by atoms with Crippen molar-refractivity contribution < 1.29 is 9.59 Å². The van der Waals surface area contributed by atoms with Gasteiger partial charge in [-0.05, 0) is 23.1 Å². The van der Waals surface area contributed by atoms with Gasteiger partial charge in [-0.2, -0.15) is 0 Å². The van der Waals surface area contributed by atoms with Gasteiger partial charge in [0.1, 0.15) is 0 Å². The summed E-state index contributed by atoms with van der Waals surface area (Å²) >= 11 is 0. The molecule has 152 valence electrons. The number of amides is 2. The summed E-state index contributed by atoms with van der Waals surface area (Å²) in [6.07, 6.45) is 0.574. The van der Waals surface area contributed by atoms with Gasteiger partial charge in [-0.3, -0.25) is 9.59 Å². The van der Waals surface area contributed by atoms with Gasteiger partial charge < -0.3 is 21.7 Å². The lowest BCUT2D eigenvalue weighted by molar-refractivity contribution is -0.123. The monoisotopic (exact) mass is 424 g/mol.